The molecule has 0 spiro atoms. The van der Waals surface area contributed by atoms with Gasteiger partial charge in [-0.15, -0.1) is 0 Å². The number of carbonyl (C=O) groups is 2. The standard InChI is InChI=1S/C16H23N3O5S/c1-18(2)25(22,23)19-10-6-7-12(11-19)15(20)17-14-9-5-4-8-13(14)16(21)24-3/h4-5,8-9,12H,6-7,10-11H2,1-3H3,(H,17,20)/t12-/m1/s1. The van der Waals surface area contributed by atoms with Gasteiger partial charge in [-0.25, -0.2) is 4.79 Å². The van der Waals surface area contributed by atoms with E-state index in [1.807, 2.05) is 0 Å². The van der Waals surface area contributed by atoms with Crippen LogP contribution in [0.1, 0.15) is 23.2 Å². The Morgan fingerprint density at radius 2 is 1.96 bits per heavy atom. The van der Waals surface area contributed by atoms with Crippen LogP contribution in [0.5, 0.6) is 0 Å². The van der Waals surface area contributed by atoms with E-state index in [1.54, 1.807) is 24.3 Å². The summed E-state index contributed by atoms with van der Waals surface area (Å²) in [6, 6.07) is 6.55. The van der Waals surface area contributed by atoms with Crippen LogP contribution < -0.4 is 5.32 Å². The van der Waals surface area contributed by atoms with E-state index in [9.17, 15) is 18.0 Å². The third-order valence-corrected chi connectivity index (χ3v) is 6.04. The fraction of sp³-hybridized carbons (Fsp3) is 0.500. The molecule has 8 nitrogen and oxygen atoms in total. The maximum atomic E-state index is 12.6. The summed E-state index contributed by atoms with van der Waals surface area (Å²) in [5.41, 5.74) is 0.610. The lowest BCUT2D eigenvalue weighted by atomic mass is 9.98. The van der Waals surface area contributed by atoms with Gasteiger partial charge >= 0.3 is 5.97 Å². The zero-order chi connectivity index (χ0) is 18.6. The minimum absolute atomic E-state index is 0.118. The topological polar surface area (TPSA) is 96.0 Å². The molecule has 0 radical (unpaired) electrons. The van der Waals surface area contributed by atoms with Gasteiger partial charge in [0.1, 0.15) is 0 Å². The molecule has 1 saturated heterocycles. The minimum Gasteiger partial charge on any atom is -0.465 e. The summed E-state index contributed by atoms with van der Waals surface area (Å²) in [5.74, 6) is -1.33. The first kappa shape index (κ1) is 19.4. The molecule has 1 aliphatic heterocycles. The van der Waals surface area contributed by atoms with Crippen molar-refractivity contribution in [3.63, 3.8) is 0 Å². The van der Waals surface area contributed by atoms with E-state index in [0.717, 1.165) is 4.31 Å². The second-order valence-electron chi connectivity index (χ2n) is 6.01. The Kier molecular flexibility index (Phi) is 6.15. The smallest absolute Gasteiger partial charge is 0.339 e. The monoisotopic (exact) mass is 369 g/mol. The molecular formula is C16H23N3O5S. The highest BCUT2D eigenvalue weighted by atomic mass is 32.2. The van der Waals surface area contributed by atoms with E-state index in [0.29, 0.717) is 25.1 Å². The fourth-order valence-electron chi connectivity index (χ4n) is 2.71. The Hall–Kier alpha value is -1.97. The predicted octanol–water partition coefficient (Wildman–Crippen LogP) is 0.930. The molecule has 1 N–H and O–H groups in total. The number of nitrogens with zero attached hydrogens (tertiary/aromatic N) is 2. The number of piperidine rings is 1. The van der Waals surface area contributed by atoms with Crippen LogP contribution in [0.25, 0.3) is 0 Å². The average molecular weight is 369 g/mol. The number of nitrogens with one attached hydrogen (secondary N) is 1. The van der Waals surface area contributed by atoms with Gasteiger partial charge in [0.25, 0.3) is 10.2 Å². The van der Waals surface area contributed by atoms with Gasteiger partial charge in [0.05, 0.1) is 24.3 Å². The molecule has 1 atom stereocenters. The molecule has 1 aromatic carbocycles. The molecule has 1 aliphatic rings. The maximum Gasteiger partial charge on any atom is 0.339 e. The van der Waals surface area contributed by atoms with E-state index in [-0.39, 0.29) is 18.0 Å². The number of para-hydroxylation sites is 1. The first-order chi connectivity index (χ1) is 11.8. The summed E-state index contributed by atoms with van der Waals surface area (Å²) in [6.45, 7) is 0.510. The molecule has 0 saturated carbocycles. The number of ether oxygens (including phenoxy) is 1. The molecule has 0 aromatic heterocycles. The lowest BCUT2D eigenvalue weighted by molar-refractivity contribution is -0.120. The van der Waals surface area contributed by atoms with Crippen LogP contribution >= 0.6 is 0 Å². The van der Waals surface area contributed by atoms with Crippen molar-refractivity contribution in [2.24, 2.45) is 5.92 Å². The molecule has 138 valence electrons. The van der Waals surface area contributed by atoms with Crippen molar-refractivity contribution in [1.29, 1.82) is 0 Å². The Bertz CT molecular complexity index is 748. The van der Waals surface area contributed by atoms with Crippen LogP contribution in [0, 0.1) is 5.92 Å². The van der Waals surface area contributed by atoms with Crippen molar-refractivity contribution in [1.82, 2.24) is 8.61 Å². The largest absolute Gasteiger partial charge is 0.465 e. The zero-order valence-corrected chi connectivity index (χ0v) is 15.4. The second kappa shape index (κ2) is 7.94. The highest BCUT2D eigenvalue weighted by Crippen LogP contribution is 2.23. The summed E-state index contributed by atoms with van der Waals surface area (Å²) in [5, 5.41) is 2.72. The summed E-state index contributed by atoms with van der Waals surface area (Å²) < 4.78 is 31.7. The number of anilines is 1. The number of amides is 1. The average Bonchev–Trinajstić information content (AvgIpc) is 2.61. The summed E-state index contributed by atoms with van der Waals surface area (Å²) in [6.07, 6.45) is 1.19. The molecule has 9 heteroatoms. The van der Waals surface area contributed by atoms with Crippen LogP contribution in [0.15, 0.2) is 24.3 Å². The van der Waals surface area contributed by atoms with Gasteiger partial charge < -0.3 is 10.1 Å². The van der Waals surface area contributed by atoms with Gasteiger partial charge in [0.15, 0.2) is 0 Å². The number of carbonyl (C=O) groups excluding carboxylic acids is 2. The van der Waals surface area contributed by atoms with Gasteiger partial charge in [-0.05, 0) is 25.0 Å². The maximum absolute atomic E-state index is 12.6. The van der Waals surface area contributed by atoms with Crippen LogP contribution in [-0.4, -0.2) is 63.2 Å². The van der Waals surface area contributed by atoms with Gasteiger partial charge in [0.2, 0.25) is 5.91 Å². The fourth-order valence-corrected chi connectivity index (χ4v) is 3.90. The molecule has 0 unspecified atom stereocenters. The quantitative estimate of drug-likeness (QED) is 0.779. The lowest BCUT2D eigenvalue weighted by Gasteiger charge is -2.32. The van der Waals surface area contributed by atoms with Crippen molar-refractivity contribution in [3.8, 4) is 0 Å². The summed E-state index contributed by atoms with van der Waals surface area (Å²) in [4.78, 5) is 24.4. The van der Waals surface area contributed by atoms with Gasteiger partial charge in [-0.1, -0.05) is 12.1 Å². The number of hydrogen-bond donors (Lipinski definition) is 1. The van der Waals surface area contributed by atoms with E-state index in [4.69, 9.17) is 4.74 Å². The molecular weight excluding hydrogens is 346 g/mol. The highest BCUT2D eigenvalue weighted by molar-refractivity contribution is 7.86. The number of rotatable bonds is 5. The normalized spacial score (nSPS) is 18.8. The first-order valence-corrected chi connectivity index (χ1v) is 9.33. The van der Waals surface area contributed by atoms with Crippen molar-refractivity contribution in [3.05, 3.63) is 29.8 Å². The summed E-state index contributed by atoms with van der Waals surface area (Å²) in [7, 11) is 0.645. The van der Waals surface area contributed by atoms with E-state index < -0.39 is 22.1 Å². The third-order valence-electron chi connectivity index (χ3n) is 4.13. The van der Waals surface area contributed by atoms with E-state index >= 15 is 0 Å². The predicted molar refractivity (Wildman–Crippen MR) is 93.3 cm³/mol. The molecule has 1 heterocycles. The minimum atomic E-state index is -3.55. The summed E-state index contributed by atoms with van der Waals surface area (Å²) >= 11 is 0. The van der Waals surface area contributed by atoms with Crippen molar-refractivity contribution in [2.45, 2.75) is 12.8 Å². The highest BCUT2D eigenvalue weighted by Gasteiger charge is 2.33. The van der Waals surface area contributed by atoms with Crippen LogP contribution in [0.3, 0.4) is 0 Å². The lowest BCUT2D eigenvalue weighted by Crippen LogP contribution is -2.47. The van der Waals surface area contributed by atoms with Crippen LogP contribution in [0.2, 0.25) is 0 Å². The Balaban J connectivity index is 2.13. The van der Waals surface area contributed by atoms with Crippen molar-refractivity contribution in [2.75, 3.05) is 39.6 Å². The molecule has 1 fully saturated rings. The third kappa shape index (κ3) is 4.36. The van der Waals surface area contributed by atoms with Crippen LogP contribution in [0.4, 0.5) is 5.69 Å². The first-order valence-electron chi connectivity index (χ1n) is 7.93. The van der Waals surface area contributed by atoms with E-state index in [2.05, 4.69) is 5.32 Å². The Morgan fingerprint density at radius 1 is 1.28 bits per heavy atom. The van der Waals surface area contributed by atoms with Gasteiger partial charge in [-0.3, -0.25) is 4.79 Å². The molecule has 0 bridgehead atoms. The van der Waals surface area contributed by atoms with Gasteiger partial charge in [0, 0.05) is 27.2 Å². The molecule has 25 heavy (non-hydrogen) atoms. The zero-order valence-electron chi connectivity index (χ0n) is 14.6. The van der Waals surface area contributed by atoms with E-state index in [1.165, 1.54) is 25.5 Å². The molecule has 2 rings (SSSR count). The van der Waals surface area contributed by atoms with Crippen molar-refractivity contribution >= 4 is 27.8 Å². The molecule has 0 aliphatic carbocycles. The molecule has 1 aromatic rings. The SMILES string of the molecule is COC(=O)c1ccccc1NC(=O)[C@@H]1CCCN(S(=O)(=O)N(C)C)C1. The van der Waals surface area contributed by atoms with Crippen molar-refractivity contribution < 1.29 is 22.7 Å². The molecule has 1 amide bonds. The second-order valence-corrected chi connectivity index (χ2v) is 8.16. The Morgan fingerprint density at radius 3 is 2.60 bits per heavy atom. The number of benzene rings is 1. The number of methoxy groups -OCH3 is 1. The number of hydrogen-bond acceptors (Lipinski definition) is 5. The number of esters is 1. The van der Waals surface area contributed by atoms with Gasteiger partial charge in [-0.2, -0.15) is 17.0 Å². The Labute approximate surface area is 147 Å². The van der Waals surface area contributed by atoms with Crippen LogP contribution in [-0.2, 0) is 19.7 Å².